The molecule has 2 N–H and O–H groups in total. The summed E-state index contributed by atoms with van der Waals surface area (Å²) in [5.74, 6) is 1.45. The van der Waals surface area contributed by atoms with Gasteiger partial charge in [-0.15, -0.1) is 0 Å². The van der Waals surface area contributed by atoms with E-state index in [1.54, 1.807) is 0 Å². The molecule has 238 valence electrons. The van der Waals surface area contributed by atoms with Crippen molar-refractivity contribution in [3.8, 4) is 11.1 Å². The molecule has 2 atom stereocenters. The van der Waals surface area contributed by atoms with Crippen molar-refractivity contribution in [1.29, 1.82) is 0 Å². The summed E-state index contributed by atoms with van der Waals surface area (Å²) in [6, 6.07) is 2.33. The van der Waals surface area contributed by atoms with Crippen LogP contribution in [0.15, 0.2) is 24.9 Å². The van der Waals surface area contributed by atoms with Gasteiger partial charge in [0.2, 0.25) is 5.91 Å². The Morgan fingerprint density at radius 1 is 1.32 bits per heavy atom. The van der Waals surface area contributed by atoms with E-state index in [-0.39, 0.29) is 23.5 Å². The molecule has 1 aromatic carbocycles. The van der Waals surface area contributed by atoms with Crippen molar-refractivity contribution in [3.63, 3.8) is 0 Å². The van der Waals surface area contributed by atoms with Crippen LogP contribution < -0.4 is 5.32 Å². The summed E-state index contributed by atoms with van der Waals surface area (Å²) in [6.07, 6.45) is 6.50. The van der Waals surface area contributed by atoms with E-state index in [1.807, 2.05) is 24.1 Å². The highest BCUT2D eigenvalue weighted by molar-refractivity contribution is 6.36. The minimum Gasteiger partial charge on any atom is -0.376 e. The number of nitrogens with zero attached hydrogens (tertiary/aromatic N) is 5. The minimum absolute atomic E-state index is 0.0197. The summed E-state index contributed by atoms with van der Waals surface area (Å²) in [7, 11) is 0. The monoisotopic (exact) mass is 623 g/mol. The Kier molecular flexibility index (Phi) is 9.06. The molecule has 0 radical (unpaired) electrons. The molecule has 44 heavy (non-hydrogen) atoms. The molecule has 1 saturated carbocycles. The smallest absolute Gasteiger partial charge is 0.245 e. The molecule has 11 heteroatoms. The number of likely N-dealkylation sites (tertiary alicyclic amines) is 1. The van der Waals surface area contributed by atoms with E-state index in [9.17, 15) is 4.79 Å². The second kappa shape index (κ2) is 12.8. The molecule has 4 heterocycles. The van der Waals surface area contributed by atoms with Crippen molar-refractivity contribution in [1.82, 2.24) is 29.8 Å². The number of rotatable bonds is 12. The normalized spacial score (nSPS) is 20.6. The Morgan fingerprint density at radius 3 is 2.82 bits per heavy atom. The van der Waals surface area contributed by atoms with Crippen LogP contribution in [0.2, 0.25) is 5.02 Å². The number of aromatic nitrogens is 4. The number of fused-ring (bicyclic) bond motifs is 1. The molecule has 2 aliphatic heterocycles. The average Bonchev–Trinajstić information content (AvgIpc) is 3.56. The number of carbonyl (C=O) groups excluding carboxylic acids is 1. The largest absolute Gasteiger partial charge is 0.376 e. The molecule has 3 fully saturated rings. The molecule has 2 saturated heterocycles. The van der Waals surface area contributed by atoms with Crippen LogP contribution in [0.25, 0.3) is 22.0 Å². The maximum Gasteiger partial charge on any atom is 0.245 e. The number of carbonyl (C=O) groups is 1. The highest BCUT2D eigenvalue weighted by atomic mass is 35.5. The van der Waals surface area contributed by atoms with E-state index in [4.69, 9.17) is 26.2 Å². The zero-order chi connectivity index (χ0) is 31.0. The topological polar surface area (TPSA) is 101 Å². The fourth-order valence-electron chi connectivity index (χ4n) is 7.25. The molecule has 6 rings (SSSR count). The molecular weight excluding hydrogens is 578 g/mol. The van der Waals surface area contributed by atoms with E-state index in [1.165, 1.54) is 6.08 Å². The Labute approximate surface area is 265 Å². The van der Waals surface area contributed by atoms with Gasteiger partial charge in [0.25, 0.3) is 0 Å². The molecule has 1 amide bonds. The first-order chi connectivity index (χ1) is 21.2. The predicted octanol–water partition coefficient (Wildman–Crippen LogP) is 5.22. The standard InChI is InChI=1S/C33H46ClN7O3/c1-6-21(3)16-39(17-25-18-43-10-11-44-25)9-8-35-32-29(30-26-15-36-37-27(26)12-22(4)31(30)34)23(5)41(38-32)24-13-33(14-24)19-40(20-33)28(42)7-2/h7,12,15,21,24-25H,2,6,8-11,13-14,16-20H2,1,3-5H3,(H,35,38)(H,36,37)/t21?,25-/m1/s1. The number of H-pyrrole nitrogens is 1. The second-order valence-corrected chi connectivity index (χ2v) is 13.6. The SMILES string of the molecule is C=CC(=O)N1CC2(CC(n3nc(NCCN(CC(C)CC)C[C@@H]4COCCO4)c(-c4c(Cl)c(C)cc5[nH]ncc45)c3C)C2)C1. The predicted molar refractivity (Wildman–Crippen MR) is 174 cm³/mol. The van der Waals surface area contributed by atoms with Gasteiger partial charge in [0.1, 0.15) is 0 Å². The van der Waals surface area contributed by atoms with Crippen molar-refractivity contribution in [2.75, 3.05) is 64.4 Å². The van der Waals surface area contributed by atoms with Crippen LogP contribution in [0.4, 0.5) is 5.82 Å². The lowest BCUT2D eigenvalue weighted by Gasteiger charge is -2.58. The Balaban J connectivity index is 1.25. The van der Waals surface area contributed by atoms with Gasteiger partial charge < -0.3 is 19.7 Å². The van der Waals surface area contributed by atoms with Crippen molar-refractivity contribution >= 4 is 34.2 Å². The van der Waals surface area contributed by atoms with Crippen LogP contribution in [0.3, 0.4) is 0 Å². The second-order valence-electron chi connectivity index (χ2n) is 13.2. The zero-order valence-electron chi connectivity index (χ0n) is 26.5. The number of ether oxygens (including phenoxy) is 2. The van der Waals surface area contributed by atoms with Crippen LogP contribution in [-0.4, -0.2) is 101 Å². The maximum absolute atomic E-state index is 12.1. The van der Waals surface area contributed by atoms with Gasteiger partial charge in [-0.25, -0.2) is 0 Å². The number of anilines is 1. The summed E-state index contributed by atoms with van der Waals surface area (Å²) < 4.78 is 13.9. The Hall–Kier alpha value is -2.92. The first-order valence-electron chi connectivity index (χ1n) is 16.0. The van der Waals surface area contributed by atoms with Crippen LogP contribution in [0.5, 0.6) is 0 Å². The number of halogens is 1. The molecule has 1 spiro atoms. The number of nitrogens with one attached hydrogen (secondary N) is 2. The van der Waals surface area contributed by atoms with E-state index in [2.05, 4.69) is 52.4 Å². The van der Waals surface area contributed by atoms with E-state index >= 15 is 0 Å². The molecule has 1 unspecified atom stereocenters. The highest BCUT2D eigenvalue weighted by Crippen LogP contribution is 2.55. The third-order valence-corrected chi connectivity index (χ3v) is 10.3. The van der Waals surface area contributed by atoms with Crippen molar-refractivity contribution < 1.29 is 14.3 Å². The van der Waals surface area contributed by atoms with Gasteiger partial charge in [0.05, 0.1) is 48.7 Å². The molecule has 1 aliphatic carbocycles. The Bertz CT molecular complexity index is 1500. The van der Waals surface area contributed by atoms with Gasteiger partial charge in [-0.3, -0.25) is 19.5 Å². The number of hydrogen-bond donors (Lipinski definition) is 2. The van der Waals surface area contributed by atoms with Gasteiger partial charge in [0.15, 0.2) is 5.82 Å². The lowest BCUT2D eigenvalue weighted by atomic mass is 9.60. The zero-order valence-corrected chi connectivity index (χ0v) is 27.3. The molecule has 3 aliphatic rings. The number of amides is 1. The number of aromatic amines is 1. The third kappa shape index (κ3) is 6.01. The maximum atomic E-state index is 12.1. The summed E-state index contributed by atoms with van der Waals surface area (Å²) in [6.45, 7) is 19.4. The Morgan fingerprint density at radius 2 is 2.11 bits per heavy atom. The van der Waals surface area contributed by atoms with E-state index in [0.717, 1.165) is 103 Å². The van der Waals surface area contributed by atoms with Crippen LogP contribution in [0, 0.1) is 25.2 Å². The number of aryl methyl sites for hydroxylation is 1. The lowest BCUT2D eigenvalue weighted by Crippen LogP contribution is -2.63. The van der Waals surface area contributed by atoms with Gasteiger partial charge >= 0.3 is 0 Å². The van der Waals surface area contributed by atoms with Crippen molar-refractivity contribution in [2.45, 2.75) is 59.1 Å². The fraction of sp³-hybridized carbons (Fsp3) is 0.606. The molecule has 0 bridgehead atoms. The van der Waals surface area contributed by atoms with Crippen LogP contribution in [0.1, 0.15) is 50.4 Å². The summed E-state index contributed by atoms with van der Waals surface area (Å²) in [4.78, 5) is 16.4. The third-order valence-electron chi connectivity index (χ3n) is 9.82. The van der Waals surface area contributed by atoms with E-state index < -0.39 is 0 Å². The summed E-state index contributed by atoms with van der Waals surface area (Å²) in [5.41, 5.74) is 5.22. The average molecular weight is 624 g/mol. The van der Waals surface area contributed by atoms with Crippen LogP contribution in [-0.2, 0) is 14.3 Å². The number of hydrogen-bond acceptors (Lipinski definition) is 7. The van der Waals surface area contributed by atoms with Gasteiger partial charge in [-0.2, -0.15) is 10.2 Å². The lowest BCUT2D eigenvalue weighted by molar-refractivity contribution is -0.149. The molecule has 2 aromatic heterocycles. The van der Waals surface area contributed by atoms with Crippen molar-refractivity contribution in [3.05, 3.63) is 41.2 Å². The fourth-order valence-corrected chi connectivity index (χ4v) is 7.50. The van der Waals surface area contributed by atoms with Gasteiger partial charge in [0, 0.05) is 66.9 Å². The first kappa shape index (κ1) is 31.1. The van der Waals surface area contributed by atoms with Crippen molar-refractivity contribution in [2.24, 2.45) is 11.3 Å². The minimum atomic E-state index is 0.0197. The van der Waals surface area contributed by atoms with Crippen LogP contribution >= 0.6 is 11.6 Å². The highest BCUT2D eigenvalue weighted by Gasteiger charge is 2.54. The van der Waals surface area contributed by atoms with Gasteiger partial charge in [-0.05, 0) is 50.3 Å². The summed E-state index contributed by atoms with van der Waals surface area (Å²) in [5, 5.41) is 18.1. The molecule has 10 nitrogen and oxygen atoms in total. The summed E-state index contributed by atoms with van der Waals surface area (Å²) >= 11 is 7.06. The molecular formula is C33H46ClN7O3. The molecule has 3 aromatic rings. The number of benzene rings is 1. The first-order valence-corrected chi connectivity index (χ1v) is 16.4. The quantitative estimate of drug-likeness (QED) is 0.267. The van der Waals surface area contributed by atoms with Gasteiger partial charge in [-0.1, -0.05) is 38.4 Å². The van der Waals surface area contributed by atoms with E-state index in [0.29, 0.717) is 25.7 Å².